The number of fused-ring (bicyclic) bond motifs is 1. The maximum Gasteiger partial charge on any atom is 0.431 e. The zero-order chi connectivity index (χ0) is 21.2. The Morgan fingerprint density at radius 1 is 1.14 bits per heavy atom. The minimum Gasteiger partial charge on any atom is -0.379 e. The van der Waals surface area contributed by atoms with Gasteiger partial charge in [0, 0.05) is 25.1 Å². The highest BCUT2D eigenvalue weighted by Crippen LogP contribution is 2.28. The number of benzene rings is 1. The molecule has 0 N–H and O–H groups in total. The summed E-state index contributed by atoms with van der Waals surface area (Å²) in [6, 6.07) is 5.12. The molecule has 0 bridgehead atoms. The third-order valence-electron chi connectivity index (χ3n) is 4.21. The predicted octanol–water partition coefficient (Wildman–Crippen LogP) is 2.72. The molecule has 0 radical (unpaired) electrons. The van der Waals surface area contributed by atoms with Crippen LogP contribution in [0.15, 0.2) is 33.9 Å². The zero-order valence-corrected chi connectivity index (χ0v) is 16.5. The molecule has 2 heterocycles. The van der Waals surface area contributed by atoms with E-state index in [1.54, 1.807) is 12.1 Å². The van der Waals surface area contributed by atoms with Gasteiger partial charge in [0.2, 0.25) is 0 Å². The first-order chi connectivity index (χ1) is 13.7. The van der Waals surface area contributed by atoms with E-state index in [0.29, 0.717) is 46.1 Å². The summed E-state index contributed by atoms with van der Waals surface area (Å²) in [6.45, 7) is 3.49. The number of rotatable bonds is 7. The van der Waals surface area contributed by atoms with Gasteiger partial charge in [-0.15, -0.1) is 0 Å². The lowest BCUT2D eigenvalue weighted by atomic mass is 10.2. The van der Waals surface area contributed by atoms with Crippen molar-refractivity contribution in [2.75, 3.05) is 19.8 Å². The minimum atomic E-state index is -4.81. The van der Waals surface area contributed by atoms with Crippen LogP contribution in [0.1, 0.15) is 18.3 Å². The smallest absolute Gasteiger partial charge is 0.379 e. The molecule has 0 amide bonds. The SMILES string of the molecule is CCOCCOCc1nsc2ccc(-n3c(=O)cc(C(F)(F)F)n(C)c3=O)cc12. The molecule has 0 unspecified atom stereocenters. The maximum absolute atomic E-state index is 13.0. The highest BCUT2D eigenvalue weighted by molar-refractivity contribution is 7.13. The predicted molar refractivity (Wildman–Crippen MR) is 102 cm³/mol. The van der Waals surface area contributed by atoms with Crippen molar-refractivity contribution in [1.82, 2.24) is 13.5 Å². The van der Waals surface area contributed by atoms with E-state index in [-0.39, 0.29) is 12.3 Å². The molecule has 11 heteroatoms. The van der Waals surface area contributed by atoms with Crippen LogP contribution in [0.5, 0.6) is 0 Å². The van der Waals surface area contributed by atoms with Crippen molar-refractivity contribution in [3.8, 4) is 5.69 Å². The van der Waals surface area contributed by atoms with E-state index in [0.717, 1.165) is 11.7 Å². The molecule has 0 spiro atoms. The summed E-state index contributed by atoms with van der Waals surface area (Å²) >= 11 is 1.22. The van der Waals surface area contributed by atoms with Crippen molar-refractivity contribution in [2.24, 2.45) is 7.05 Å². The molecule has 2 aromatic heterocycles. The quantitative estimate of drug-likeness (QED) is 0.540. The van der Waals surface area contributed by atoms with E-state index in [4.69, 9.17) is 9.47 Å². The highest BCUT2D eigenvalue weighted by Gasteiger charge is 2.35. The van der Waals surface area contributed by atoms with Gasteiger partial charge >= 0.3 is 11.9 Å². The van der Waals surface area contributed by atoms with Crippen LogP contribution in [0.4, 0.5) is 13.2 Å². The second-order valence-corrected chi connectivity index (χ2v) is 6.91. The lowest BCUT2D eigenvalue weighted by Crippen LogP contribution is -2.40. The van der Waals surface area contributed by atoms with Gasteiger partial charge in [0.15, 0.2) is 0 Å². The normalized spacial score (nSPS) is 12.0. The minimum absolute atomic E-state index is 0.160. The van der Waals surface area contributed by atoms with Crippen molar-refractivity contribution in [1.29, 1.82) is 0 Å². The first-order valence-electron chi connectivity index (χ1n) is 8.68. The third-order valence-corrected chi connectivity index (χ3v) is 5.08. The summed E-state index contributed by atoms with van der Waals surface area (Å²) in [5.74, 6) is 0. The Labute approximate surface area is 167 Å². The van der Waals surface area contributed by atoms with Crippen LogP contribution in [0.25, 0.3) is 15.8 Å². The van der Waals surface area contributed by atoms with E-state index in [1.807, 2.05) is 6.92 Å². The summed E-state index contributed by atoms with van der Waals surface area (Å²) in [5.41, 5.74) is -2.67. The summed E-state index contributed by atoms with van der Waals surface area (Å²) < 4.78 is 56.0. The maximum atomic E-state index is 13.0. The molecule has 0 fully saturated rings. The van der Waals surface area contributed by atoms with Crippen LogP contribution in [0.2, 0.25) is 0 Å². The summed E-state index contributed by atoms with van der Waals surface area (Å²) in [6.07, 6.45) is -4.81. The molecule has 0 saturated heterocycles. The Morgan fingerprint density at radius 2 is 1.86 bits per heavy atom. The van der Waals surface area contributed by atoms with Gasteiger partial charge in [0.25, 0.3) is 5.56 Å². The van der Waals surface area contributed by atoms with Gasteiger partial charge in [-0.1, -0.05) is 0 Å². The second-order valence-electron chi connectivity index (χ2n) is 6.10. The average Bonchev–Trinajstić information content (AvgIpc) is 3.06. The summed E-state index contributed by atoms with van der Waals surface area (Å²) in [7, 11) is 0.976. The fourth-order valence-corrected chi connectivity index (χ4v) is 3.55. The van der Waals surface area contributed by atoms with Crippen molar-refractivity contribution in [3.63, 3.8) is 0 Å². The Morgan fingerprint density at radius 3 is 2.55 bits per heavy atom. The van der Waals surface area contributed by atoms with E-state index in [2.05, 4.69) is 4.37 Å². The molecule has 0 saturated carbocycles. The monoisotopic (exact) mass is 429 g/mol. The van der Waals surface area contributed by atoms with Gasteiger partial charge in [-0.05, 0) is 36.7 Å². The van der Waals surface area contributed by atoms with Crippen LogP contribution in [-0.4, -0.2) is 33.3 Å². The fourth-order valence-electron chi connectivity index (χ4n) is 2.79. The molecular formula is C18H18F3N3O4S. The molecular weight excluding hydrogens is 411 g/mol. The van der Waals surface area contributed by atoms with Crippen LogP contribution in [0.3, 0.4) is 0 Å². The van der Waals surface area contributed by atoms with Crippen molar-refractivity contribution < 1.29 is 22.6 Å². The molecule has 0 aliphatic rings. The Kier molecular flexibility index (Phi) is 6.20. The van der Waals surface area contributed by atoms with Gasteiger partial charge < -0.3 is 9.47 Å². The summed E-state index contributed by atoms with van der Waals surface area (Å²) in [5, 5.41) is 0.665. The van der Waals surface area contributed by atoms with Crippen LogP contribution in [-0.2, 0) is 29.3 Å². The molecule has 156 valence electrons. The number of nitrogens with zero attached hydrogens (tertiary/aromatic N) is 3. The lowest BCUT2D eigenvalue weighted by molar-refractivity contribution is -0.144. The second kappa shape index (κ2) is 8.47. The van der Waals surface area contributed by atoms with Gasteiger partial charge in [0.1, 0.15) is 5.69 Å². The molecule has 0 aliphatic heterocycles. The van der Waals surface area contributed by atoms with Crippen LogP contribution >= 0.6 is 11.5 Å². The van der Waals surface area contributed by atoms with Crippen LogP contribution in [0, 0.1) is 0 Å². The first-order valence-corrected chi connectivity index (χ1v) is 9.45. The Hall–Kier alpha value is -2.50. The first kappa shape index (κ1) is 21.2. The largest absolute Gasteiger partial charge is 0.431 e. The van der Waals surface area contributed by atoms with Crippen LogP contribution < -0.4 is 11.2 Å². The van der Waals surface area contributed by atoms with E-state index >= 15 is 0 Å². The Bertz CT molecular complexity index is 1130. The summed E-state index contributed by atoms with van der Waals surface area (Å²) in [4.78, 5) is 24.8. The number of alkyl halides is 3. The topological polar surface area (TPSA) is 75.3 Å². The standard InChI is InChI=1S/C18H18F3N3O4S/c1-3-27-6-7-28-10-13-12-8-11(4-5-14(12)29-22-13)24-16(25)9-15(18(19,20)21)23(2)17(24)26/h4-5,8-9H,3,6-7,10H2,1-2H3. The van der Waals surface area contributed by atoms with Crippen molar-refractivity contribution >= 4 is 21.6 Å². The van der Waals surface area contributed by atoms with Gasteiger partial charge in [-0.2, -0.15) is 17.5 Å². The van der Waals surface area contributed by atoms with Gasteiger partial charge in [-0.3, -0.25) is 9.36 Å². The molecule has 29 heavy (non-hydrogen) atoms. The number of hydrogen-bond donors (Lipinski definition) is 0. The fraction of sp³-hybridized carbons (Fsp3) is 0.389. The van der Waals surface area contributed by atoms with Gasteiger partial charge in [0.05, 0.1) is 35.9 Å². The molecule has 0 aliphatic carbocycles. The van der Waals surface area contributed by atoms with Crippen molar-refractivity contribution in [2.45, 2.75) is 19.7 Å². The van der Waals surface area contributed by atoms with E-state index in [1.165, 1.54) is 17.6 Å². The zero-order valence-electron chi connectivity index (χ0n) is 15.7. The molecule has 7 nitrogen and oxygen atoms in total. The molecule has 0 atom stereocenters. The molecule has 1 aromatic carbocycles. The number of halogens is 3. The molecule has 3 rings (SSSR count). The van der Waals surface area contributed by atoms with E-state index in [9.17, 15) is 22.8 Å². The third kappa shape index (κ3) is 4.41. The average molecular weight is 429 g/mol. The highest BCUT2D eigenvalue weighted by atomic mass is 32.1. The van der Waals surface area contributed by atoms with Crippen molar-refractivity contribution in [3.05, 3.63) is 56.5 Å². The lowest BCUT2D eigenvalue weighted by Gasteiger charge is -2.14. The van der Waals surface area contributed by atoms with E-state index < -0.39 is 23.1 Å². The number of ether oxygens (including phenoxy) is 2. The molecule has 3 aromatic rings. The van der Waals surface area contributed by atoms with Gasteiger partial charge in [-0.25, -0.2) is 9.36 Å². The Balaban J connectivity index is 1.99. The number of hydrogen-bond acceptors (Lipinski definition) is 6. The number of aromatic nitrogens is 3.